The van der Waals surface area contributed by atoms with Crippen molar-refractivity contribution in [1.82, 2.24) is 5.32 Å². The molecule has 0 spiro atoms. The number of hydrogen-bond acceptors (Lipinski definition) is 3. The van der Waals surface area contributed by atoms with E-state index >= 15 is 0 Å². The van der Waals surface area contributed by atoms with Crippen LogP contribution in [0.15, 0.2) is 24.3 Å². The van der Waals surface area contributed by atoms with Crippen LogP contribution in [0.5, 0.6) is 5.75 Å². The SMILES string of the molecule is COc1cccc(C2CC(NC3CC(OC)C3(C)C)C2)c1. The number of rotatable bonds is 5. The van der Waals surface area contributed by atoms with E-state index in [4.69, 9.17) is 9.47 Å². The maximum absolute atomic E-state index is 5.53. The van der Waals surface area contributed by atoms with Gasteiger partial charge in [0.2, 0.25) is 0 Å². The number of hydrogen-bond donors (Lipinski definition) is 1. The molecule has 1 aromatic carbocycles. The van der Waals surface area contributed by atoms with Crippen LogP contribution >= 0.6 is 0 Å². The van der Waals surface area contributed by atoms with Crippen LogP contribution in [0.3, 0.4) is 0 Å². The largest absolute Gasteiger partial charge is 0.497 e. The molecule has 3 rings (SSSR count). The maximum Gasteiger partial charge on any atom is 0.119 e. The molecule has 1 aromatic rings. The molecule has 2 aliphatic rings. The van der Waals surface area contributed by atoms with Crippen molar-refractivity contribution >= 4 is 0 Å². The fraction of sp³-hybridized carbons (Fsp3) is 0.667. The molecule has 2 saturated carbocycles. The lowest BCUT2D eigenvalue weighted by atomic mass is 9.63. The Kier molecular flexibility index (Phi) is 3.98. The fourth-order valence-corrected chi connectivity index (χ4v) is 3.77. The van der Waals surface area contributed by atoms with E-state index in [1.54, 1.807) is 7.11 Å². The Labute approximate surface area is 128 Å². The van der Waals surface area contributed by atoms with Gasteiger partial charge in [0.15, 0.2) is 0 Å². The molecule has 0 bridgehead atoms. The highest BCUT2D eigenvalue weighted by Crippen LogP contribution is 2.45. The van der Waals surface area contributed by atoms with Gasteiger partial charge in [0, 0.05) is 24.6 Å². The molecule has 0 amide bonds. The normalized spacial score (nSPS) is 33.9. The number of ether oxygens (including phenoxy) is 2. The third-order valence-corrected chi connectivity index (χ3v) is 5.60. The van der Waals surface area contributed by atoms with Gasteiger partial charge in [-0.1, -0.05) is 26.0 Å². The van der Waals surface area contributed by atoms with E-state index in [0.29, 0.717) is 24.1 Å². The van der Waals surface area contributed by atoms with E-state index in [1.807, 2.05) is 13.2 Å². The van der Waals surface area contributed by atoms with Gasteiger partial charge in [0.05, 0.1) is 13.2 Å². The summed E-state index contributed by atoms with van der Waals surface area (Å²) in [5.74, 6) is 1.64. The zero-order valence-corrected chi connectivity index (χ0v) is 13.6. The molecule has 0 saturated heterocycles. The Bertz CT molecular complexity index is 494. The quantitative estimate of drug-likeness (QED) is 0.902. The summed E-state index contributed by atoms with van der Waals surface area (Å²) in [4.78, 5) is 0. The van der Waals surface area contributed by atoms with Crippen molar-refractivity contribution in [2.45, 2.75) is 57.2 Å². The third kappa shape index (κ3) is 2.69. The molecule has 2 atom stereocenters. The number of methoxy groups -OCH3 is 2. The van der Waals surface area contributed by atoms with Gasteiger partial charge in [-0.25, -0.2) is 0 Å². The highest BCUT2D eigenvalue weighted by Gasteiger charge is 2.49. The molecule has 3 nitrogen and oxygen atoms in total. The summed E-state index contributed by atoms with van der Waals surface area (Å²) < 4.78 is 10.8. The molecular weight excluding hydrogens is 262 g/mol. The maximum atomic E-state index is 5.53. The van der Waals surface area contributed by atoms with E-state index in [2.05, 4.69) is 37.4 Å². The first-order chi connectivity index (χ1) is 10.0. The van der Waals surface area contributed by atoms with Gasteiger partial charge in [0.1, 0.15) is 5.75 Å². The summed E-state index contributed by atoms with van der Waals surface area (Å²) in [6.45, 7) is 4.61. The van der Waals surface area contributed by atoms with Crippen molar-refractivity contribution in [3.63, 3.8) is 0 Å². The Hall–Kier alpha value is -1.06. The summed E-state index contributed by atoms with van der Waals surface area (Å²) in [6, 6.07) is 9.75. The van der Waals surface area contributed by atoms with Gasteiger partial charge in [-0.3, -0.25) is 0 Å². The Balaban J connectivity index is 1.50. The van der Waals surface area contributed by atoms with Gasteiger partial charge >= 0.3 is 0 Å². The molecule has 2 aliphatic carbocycles. The molecule has 116 valence electrons. The Morgan fingerprint density at radius 2 is 1.90 bits per heavy atom. The molecule has 21 heavy (non-hydrogen) atoms. The van der Waals surface area contributed by atoms with Gasteiger partial charge in [-0.05, 0) is 42.9 Å². The second kappa shape index (κ2) is 5.62. The monoisotopic (exact) mass is 289 g/mol. The molecule has 0 heterocycles. The molecule has 0 radical (unpaired) electrons. The van der Waals surface area contributed by atoms with E-state index in [-0.39, 0.29) is 5.41 Å². The van der Waals surface area contributed by atoms with Crippen LogP contribution in [0, 0.1) is 5.41 Å². The average Bonchev–Trinajstić information content (AvgIpc) is 2.44. The van der Waals surface area contributed by atoms with Crippen LogP contribution < -0.4 is 10.1 Å². The second-order valence-corrected chi connectivity index (χ2v) is 7.14. The second-order valence-electron chi connectivity index (χ2n) is 7.14. The third-order valence-electron chi connectivity index (χ3n) is 5.60. The summed E-state index contributed by atoms with van der Waals surface area (Å²) in [5.41, 5.74) is 1.67. The van der Waals surface area contributed by atoms with Gasteiger partial charge in [0.25, 0.3) is 0 Å². The topological polar surface area (TPSA) is 30.5 Å². The number of nitrogens with one attached hydrogen (secondary N) is 1. The van der Waals surface area contributed by atoms with Crippen molar-refractivity contribution in [3.05, 3.63) is 29.8 Å². The summed E-state index contributed by atoms with van der Waals surface area (Å²) in [6.07, 6.45) is 4.02. The first-order valence-corrected chi connectivity index (χ1v) is 7.97. The predicted octanol–water partition coefficient (Wildman–Crippen LogP) is 3.34. The minimum Gasteiger partial charge on any atom is -0.497 e. The van der Waals surface area contributed by atoms with Crippen molar-refractivity contribution in [3.8, 4) is 5.75 Å². The van der Waals surface area contributed by atoms with E-state index in [9.17, 15) is 0 Å². The van der Waals surface area contributed by atoms with Crippen LogP contribution in [0.2, 0.25) is 0 Å². The molecule has 2 unspecified atom stereocenters. The smallest absolute Gasteiger partial charge is 0.119 e. The molecule has 1 N–H and O–H groups in total. The minimum absolute atomic E-state index is 0.260. The van der Waals surface area contributed by atoms with Crippen LogP contribution in [0.1, 0.15) is 44.6 Å². The minimum atomic E-state index is 0.260. The van der Waals surface area contributed by atoms with Crippen molar-refractivity contribution in [2.75, 3.05) is 14.2 Å². The van der Waals surface area contributed by atoms with E-state index in [1.165, 1.54) is 18.4 Å². The standard InChI is InChI=1S/C18H27NO2/c1-18(2)16(11-17(18)21-4)19-14-8-13(9-14)12-6-5-7-15(10-12)20-3/h5-7,10,13-14,16-17,19H,8-9,11H2,1-4H3. The zero-order chi connectivity index (χ0) is 15.0. The summed E-state index contributed by atoms with van der Waals surface area (Å²) >= 11 is 0. The van der Waals surface area contributed by atoms with E-state index in [0.717, 1.165) is 12.2 Å². The average molecular weight is 289 g/mol. The number of benzene rings is 1. The van der Waals surface area contributed by atoms with Crippen LogP contribution in [-0.4, -0.2) is 32.4 Å². The molecule has 3 heteroatoms. The molecular formula is C18H27NO2. The summed E-state index contributed by atoms with van der Waals surface area (Å²) in [7, 11) is 3.56. The van der Waals surface area contributed by atoms with Gasteiger partial charge in [-0.2, -0.15) is 0 Å². The predicted molar refractivity (Wildman–Crippen MR) is 84.9 cm³/mol. The Morgan fingerprint density at radius 3 is 2.52 bits per heavy atom. The van der Waals surface area contributed by atoms with Gasteiger partial charge < -0.3 is 14.8 Å². The van der Waals surface area contributed by atoms with Gasteiger partial charge in [-0.15, -0.1) is 0 Å². The van der Waals surface area contributed by atoms with Crippen molar-refractivity contribution in [1.29, 1.82) is 0 Å². The zero-order valence-electron chi connectivity index (χ0n) is 13.6. The van der Waals surface area contributed by atoms with E-state index < -0.39 is 0 Å². The molecule has 0 aromatic heterocycles. The van der Waals surface area contributed by atoms with Crippen LogP contribution in [0.4, 0.5) is 0 Å². The highest BCUT2D eigenvalue weighted by molar-refractivity contribution is 5.32. The van der Waals surface area contributed by atoms with Crippen molar-refractivity contribution in [2.24, 2.45) is 5.41 Å². The Morgan fingerprint density at radius 1 is 1.14 bits per heavy atom. The molecule has 2 fully saturated rings. The van der Waals surface area contributed by atoms with Crippen LogP contribution in [-0.2, 0) is 4.74 Å². The fourth-order valence-electron chi connectivity index (χ4n) is 3.77. The molecule has 0 aliphatic heterocycles. The summed E-state index contributed by atoms with van der Waals surface area (Å²) in [5, 5.41) is 3.82. The highest BCUT2D eigenvalue weighted by atomic mass is 16.5. The first kappa shape index (κ1) is 14.9. The van der Waals surface area contributed by atoms with Crippen LogP contribution in [0.25, 0.3) is 0 Å². The lowest BCUT2D eigenvalue weighted by Gasteiger charge is -2.54. The first-order valence-electron chi connectivity index (χ1n) is 7.97. The lowest BCUT2D eigenvalue weighted by molar-refractivity contribution is -0.103. The lowest BCUT2D eigenvalue weighted by Crippen LogP contribution is -2.63. The van der Waals surface area contributed by atoms with Crippen molar-refractivity contribution < 1.29 is 9.47 Å².